The summed E-state index contributed by atoms with van der Waals surface area (Å²) < 4.78 is 10.1. The van der Waals surface area contributed by atoms with Crippen LogP contribution in [-0.2, 0) is 32.1 Å². The molecule has 0 bridgehead atoms. The molecule has 1 aromatic heterocycles. The lowest BCUT2D eigenvalue weighted by molar-refractivity contribution is -0.154. The number of imide groups is 2. The molecule has 26 heavy (non-hydrogen) atoms. The Bertz CT molecular complexity index is 761. The van der Waals surface area contributed by atoms with Crippen molar-refractivity contribution < 1.29 is 28.4 Å². The highest BCUT2D eigenvalue weighted by Crippen LogP contribution is 2.31. The topological polar surface area (TPSA) is 123 Å². The second kappa shape index (κ2) is 6.50. The van der Waals surface area contributed by atoms with Crippen LogP contribution in [-0.4, -0.2) is 55.9 Å². The fourth-order valence-electron chi connectivity index (χ4n) is 2.48. The first-order valence-corrected chi connectivity index (χ1v) is 8.34. The molecular weight excluding hydrogens is 344 g/mol. The first kappa shape index (κ1) is 18.0. The van der Waals surface area contributed by atoms with Crippen molar-refractivity contribution in [1.82, 2.24) is 19.9 Å². The zero-order valence-electron chi connectivity index (χ0n) is 14.9. The van der Waals surface area contributed by atoms with Crippen LogP contribution in [0.25, 0.3) is 0 Å². The maximum absolute atomic E-state index is 12.3. The van der Waals surface area contributed by atoms with Gasteiger partial charge in [0.2, 0.25) is 5.89 Å². The predicted molar refractivity (Wildman–Crippen MR) is 84.2 cm³/mol. The van der Waals surface area contributed by atoms with Crippen LogP contribution in [0.2, 0.25) is 0 Å². The van der Waals surface area contributed by atoms with Gasteiger partial charge in [0.15, 0.2) is 5.82 Å². The van der Waals surface area contributed by atoms with Crippen LogP contribution in [0.5, 0.6) is 0 Å². The summed E-state index contributed by atoms with van der Waals surface area (Å²) in [5.41, 5.74) is -0.635. The third kappa shape index (κ3) is 4.06. The van der Waals surface area contributed by atoms with Gasteiger partial charge in [0.1, 0.15) is 18.6 Å². The van der Waals surface area contributed by atoms with Gasteiger partial charge in [-0.15, -0.1) is 0 Å². The van der Waals surface area contributed by atoms with Gasteiger partial charge in [-0.05, 0) is 39.5 Å². The molecule has 2 fully saturated rings. The average molecular weight is 364 g/mol. The van der Waals surface area contributed by atoms with E-state index in [1.807, 2.05) is 0 Å². The van der Waals surface area contributed by atoms with Crippen molar-refractivity contribution in [3.63, 3.8) is 0 Å². The van der Waals surface area contributed by atoms with Crippen molar-refractivity contribution in [3.8, 4) is 0 Å². The lowest BCUT2D eigenvalue weighted by Gasteiger charge is -2.18. The SMILES string of the molecule is CC(C)(C)OC(=O)Cc1noc(CN2C(=O)C(=O)N(CC3CC3)C2=O)n1. The van der Waals surface area contributed by atoms with Crippen molar-refractivity contribution in [2.45, 2.75) is 52.2 Å². The molecule has 3 rings (SSSR count). The molecule has 0 N–H and O–H groups in total. The number of esters is 1. The molecule has 10 heteroatoms. The summed E-state index contributed by atoms with van der Waals surface area (Å²) in [5.74, 6) is -1.96. The summed E-state index contributed by atoms with van der Waals surface area (Å²) in [6.07, 6.45) is 1.70. The van der Waals surface area contributed by atoms with Crippen LogP contribution >= 0.6 is 0 Å². The fourth-order valence-corrected chi connectivity index (χ4v) is 2.48. The van der Waals surface area contributed by atoms with E-state index in [4.69, 9.17) is 9.26 Å². The van der Waals surface area contributed by atoms with Gasteiger partial charge in [-0.25, -0.2) is 9.69 Å². The van der Waals surface area contributed by atoms with E-state index in [0.29, 0.717) is 0 Å². The third-order valence-electron chi connectivity index (χ3n) is 3.80. The number of hydrogen-bond donors (Lipinski definition) is 0. The molecule has 0 radical (unpaired) electrons. The third-order valence-corrected chi connectivity index (χ3v) is 3.80. The molecule has 0 aromatic carbocycles. The number of aromatic nitrogens is 2. The van der Waals surface area contributed by atoms with E-state index in [0.717, 1.165) is 22.6 Å². The van der Waals surface area contributed by atoms with Crippen LogP contribution in [0.1, 0.15) is 45.3 Å². The maximum Gasteiger partial charge on any atom is 0.334 e. The Kier molecular flexibility index (Phi) is 4.51. The molecule has 0 atom stereocenters. The summed E-state index contributed by atoms with van der Waals surface area (Å²) in [7, 11) is 0. The van der Waals surface area contributed by atoms with Gasteiger partial charge < -0.3 is 9.26 Å². The maximum atomic E-state index is 12.3. The highest BCUT2D eigenvalue weighted by molar-refractivity contribution is 6.44. The quantitative estimate of drug-likeness (QED) is 0.410. The number of urea groups is 1. The van der Waals surface area contributed by atoms with E-state index < -0.39 is 29.4 Å². The summed E-state index contributed by atoms with van der Waals surface area (Å²) in [4.78, 5) is 53.7. The largest absolute Gasteiger partial charge is 0.460 e. The van der Waals surface area contributed by atoms with Gasteiger partial charge in [0.25, 0.3) is 0 Å². The minimum Gasteiger partial charge on any atom is -0.460 e. The summed E-state index contributed by atoms with van der Waals surface area (Å²) >= 11 is 0. The zero-order valence-corrected chi connectivity index (χ0v) is 14.9. The minimum atomic E-state index is -0.914. The molecule has 1 aliphatic heterocycles. The van der Waals surface area contributed by atoms with Gasteiger partial charge >= 0.3 is 23.8 Å². The minimum absolute atomic E-state index is 0.0358. The fraction of sp³-hybridized carbons (Fsp3) is 0.625. The van der Waals surface area contributed by atoms with Crippen molar-refractivity contribution in [3.05, 3.63) is 11.7 Å². The zero-order chi connectivity index (χ0) is 19.1. The molecule has 4 amide bonds. The van der Waals surface area contributed by atoms with Gasteiger partial charge in [0.05, 0.1) is 0 Å². The predicted octanol–water partition coefficient (Wildman–Crippen LogP) is 0.655. The van der Waals surface area contributed by atoms with Gasteiger partial charge in [-0.1, -0.05) is 5.16 Å². The molecule has 1 aromatic rings. The number of ether oxygens (including phenoxy) is 1. The lowest BCUT2D eigenvalue weighted by atomic mass is 10.2. The second-order valence-corrected chi connectivity index (χ2v) is 7.40. The van der Waals surface area contributed by atoms with Crippen molar-refractivity contribution in [1.29, 1.82) is 0 Å². The molecule has 1 saturated carbocycles. The van der Waals surface area contributed by atoms with E-state index >= 15 is 0 Å². The second-order valence-electron chi connectivity index (χ2n) is 7.40. The normalized spacial score (nSPS) is 18.0. The van der Waals surface area contributed by atoms with E-state index in [1.54, 1.807) is 20.8 Å². The number of hydrogen-bond acceptors (Lipinski definition) is 8. The Morgan fingerprint density at radius 1 is 1.19 bits per heavy atom. The summed E-state index contributed by atoms with van der Waals surface area (Å²) in [5, 5.41) is 3.64. The first-order valence-electron chi connectivity index (χ1n) is 8.34. The number of rotatable bonds is 6. The number of carbonyl (C=O) groups is 4. The van der Waals surface area contributed by atoms with Crippen molar-refractivity contribution >= 4 is 23.8 Å². The smallest absolute Gasteiger partial charge is 0.334 e. The molecule has 0 spiro atoms. The molecule has 1 aliphatic carbocycles. The highest BCUT2D eigenvalue weighted by atomic mass is 16.6. The molecular formula is C16H20N4O6. The van der Waals surface area contributed by atoms with Crippen LogP contribution in [0, 0.1) is 5.92 Å². The van der Waals surface area contributed by atoms with Gasteiger partial charge in [-0.3, -0.25) is 19.3 Å². The van der Waals surface area contributed by atoms with Crippen LogP contribution in [0.3, 0.4) is 0 Å². The van der Waals surface area contributed by atoms with Gasteiger partial charge in [-0.2, -0.15) is 4.98 Å². The average Bonchev–Trinajstić information content (AvgIpc) is 3.21. The van der Waals surface area contributed by atoms with Crippen LogP contribution < -0.4 is 0 Å². The number of amides is 4. The van der Waals surface area contributed by atoms with Crippen molar-refractivity contribution in [2.24, 2.45) is 5.92 Å². The number of nitrogens with zero attached hydrogens (tertiary/aromatic N) is 4. The van der Waals surface area contributed by atoms with Crippen LogP contribution in [0.15, 0.2) is 4.52 Å². The Hall–Kier alpha value is -2.78. The summed E-state index contributed by atoms with van der Waals surface area (Å²) in [6, 6.07) is -0.682. The van der Waals surface area contributed by atoms with E-state index in [9.17, 15) is 19.2 Å². The first-order chi connectivity index (χ1) is 12.1. The Labute approximate surface area is 149 Å². The Morgan fingerprint density at radius 3 is 2.46 bits per heavy atom. The monoisotopic (exact) mass is 364 g/mol. The molecule has 10 nitrogen and oxygen atoms in total. The summed E-state index contributed by atoms with van der Waals surface area (Å²) in [6.45, 7) is 5.16. The van der Waals surface area contributed by atoms with E-state index in [1.165, 1.54) is 0 Å². The molecule has 0 unspecified atom stereocenters. The molecule has 2 aliphatic rings. The lowest BCUT2D eigenvalue weighted by Crippen LogP contribution is -2.34. The highest BCUT2D eigenvalue weighted by Gasteiger charge is 2.46. The Balaban J connectivity index is 1.61. The van der Waals surface area contributed by atoms with Crippen molar-refractivity contribution in [2.75, 3.05) is 6.54 Å². The number of carbonyl (C=O) groups excluding carboxylic acids is 4. The van der Waals surface area contributed by atoms with E-state index in [2.05, 4.69) is 10.1 Å². The van der Waals surface area contributed by atoms with E-state index in [-0.39, 0.29) is 37.1 Å². The van der Waals surface area contributed by atoms with Crippen LogP contribution in [0.4, 0.5) is 4.79 Å². The molecule has 140 valence electrons. The Morgan fingerprint density at radius 2 is 1.85 bits per heavy atom. The standard InChI is InChI=1S/C16H20N4O6/c1-16(2,3)25-12(21)6-10-17-11(26-18-10)8-20-14(23)13(22)19(15(20)24)7-9-4-5-9/h9H,4-8H2,1-3H3. The van der Waals surface area contributed by atoms with Gasteiger partial charge in [0, 0.05) is 6.54 Å². The molecule has 1 saturated heterocycles. The molecule has 2 heterocycles.